The highest BCUT2D eigenvalue weighted by atomic mass is 32.2. The molecule has 0 aliphatic rings. The third-order valence-corrected chi connectivity index (χ3v) is 10.8. The Hall–Kier alpha value is -0.340. The highest BCUT2D eigenvalue weighted by Gasteiger charge is 2.12. The lowest BCUT2D eigenvalue weighted by Gasteiger charge is -2.22. The predicted molar refractivity (Wildman–Crippen MR) is 189 cm³/mol. The number of hydrogen-bond acceptors (Lipinski definition) is 8. The van der Waals surface area contributed by atoms with Crippen LogP contribution in [0.25, 0.3) is 0 Å². The molecule has 0 spiro atoms. The second-order valence-corrected chi connectivity index (χ2v) is 16.1. The molecule has 266 valence electrons. The van der Waals surface area contributed by atoms with Crippen LogP contribution in [0.5, 0.6) is 0 Å². The molecule has 0 aliphatic carbocycles. The normalized spacial score (nSPS) is 12.5. The van der Waals surface area contributed by atoms with Crippen molar-refractivity contribution in [2.75, 3.05) is 77.0 Å². The molecule has 0 bridgehead atoms. The first-order valence-corrected chi connectivity index (χ1v) is 21.3. The molecule has 0 heterocycles. The summed E-state index contributed by atoms with van der Waals surface area (Å²) in [5.41, 5.74) is 5.52. The lowest BCUT2D eigenvalue weighted by atomic mass is 10.1. The van der Waals surface area contributed by atoms with Crippen molar-refractivity contribution in [2.45, 2.75) is 129 Å². The van der Waals surface area contributed by atoms with E-state index in [0.717, 1.165) is 129 Å². The molecule has 0 aromatic rings. The molecule has 10 nitrogen and oxygen atoms in total. The van der Waals surface area contributed by atoms with Gasteiger partial charge in [-0.25, -0.2) is 26.3 Å². The lowest BCUT2D eigenvalue weighted by Crippen LogP contribution is -2.35. The highest BCUT2D eigenvalue weighted by Crippen LogP contribution is 2.07. The monoisotopic (exact) mass is 669 g/mol. The standard InChI is InChI=1S/C32H72N6O4S2/c1-3-5-7-9-11-15-31-43(39,40)36-26-19-29-38(28-18-25-35-23-14-13-22-34-24-17-21-33)30-20-27-37-44(41,42)32-16-12-10-8-6-4-2/h34-37H,3-33H2,1-2H3. The van der Waals surface area contributed by atoms with Crippen LogP contribution >= 0.6 is 0 Å². The van der Waals surface area contributed by atoms with Crippen molar-refractivity contribution in [3.8, 4) is 0 Å². The molecule has 0 rings (SSSR count). The minimum atomic E-state index is -3.23. The Morgan fingerprint density at radius 2 is 0.818 bits per heavy atom. The van der Waals surface area contributed by atoms with Gasteiger partial charge in [-0.15, -0.1) is 0 Å². The second-order valence-electron chi connectivity index (χ2n) is 12.2. The number of hydrogen-bond donors (Lipinski definition) is 5. The Bertz CT molecular complexity index is 762. The number of unbranched alkanes of at least 4 members (excludes halogenated alkanes) is 11. The average Bonchev–Trinajstić information content (AvgIpc) is 2.99. The maximum absolute atomic E-state index is 12.4. The zero-order chi connectivity index (χ0) is 32.6. The van der Waals surface area contributed by atoms with Gasteiger partial charge in [-0.1, -0.05) is 78.1 Å². The van der Waals surface area contributed by atoms with Crippen LogP contribution < -0.4 is 25.8 Å². The number of nitrogens with one attached hydrogen (secondary N) is 4. The van der Waals surface area contributed by atoms with Crippen LogP contribution in [-0.4, -0.2) is 98.7 Å². The van der Waals surface area contributed by atoms with E-state index in [4.69, 9.17) is 5.73 Å². The summed E-state index contributed by atoms with van der Waals surface area (Å²) < 4.78 is 55.1. The van der Waals surface area contributed by atoms with Gasteiger partial charge in [0.25, 0.3) is 0 Å². The molecular formula is C32H72N6O4S2. The van der Waals surface area contributed by atoms with Crippen LogP contribution in [0.1, 0.15) is 129 Å². The van der Waals surface area contributed by atoms with Crippen LogP contribution in [0.15, 0.2) is 0 Å². The smallest absolute Gasteiger partial charge is 0.211 e. The molecule has 0 atom stereocenters. The molecule has 6 N–H and O–H groups in total. The van der Waals surface area contributed by atoms with Crippen molar-refractivity contribution in [2.24, 2.45) is 5.73 Å². The summed E-state index contributed by atoms with van der Waals surface area (Å²) in [7, 11) is -6.46. The zero-order valence-electron chi connectivity index (χ0n) is 28.7. The molecule has 0 saturated heterocycles. The molecule has 0 fully saturated rings. The first kappa shape index (κ1) is 43.7. The van der Waals surface area contributed by atoms with E-state index in [0.29, 0.717) is 13.1 Å². The van der Waals surface area contributed by atoms with E-state index < -0.39 is 20.0 Å². The van der Waals surface area contributed by atoms with Gasteiger partial charge in [-0.05, 0) is 104 Å². The number of sulfonamides is 2. The Balaban J connectivity index is 4.38. The molecule has 12 heteroatoms. The molecule has 0 aromatic heterocycles. The van der Waals surface area contributed by atoms with Crippen molar-refractivity contribution in [1.29, 1.82) is 0 Å². The summed E-state index contributed by atoms with van der Waals surface area (Å²) >= 11 is 0. The molecule has 0 aliphatic heterocycles. The fraction of sp³-hybridized carbons (Fsp3) is 1.00. The van der Waals surface area contributed by atoms with E-state index in [-0.39, 0.29) is 11.5 Å². The van der Waals surface area contributed by atoms with Crippen LogP contribution in [-0.2, 0) is 20.0 Å². The first-order valence-electron chi connectivity index (χ1n) is 18.0. The van der Waals surface area contributed by atoms with E-state index in [1.807, 2.05) is 0 Å². The van der Waals surface area contributed by atoms with Crippen molar-refractivity contribution in [1.82, 2.24) is 25.0 Å². The topological polar surface area (TPSA) is 146 Å². The Morgan fingerprint density at radius 1 is 0.455 bits per heavy atom. The quantitative estimate of drug-likeness (QED) is 0.0621. The summed E-state index contributed by atoms with van der Waals surface area (Å²) in [6.07, 6.45) is 18.6. The van der Waals surface area contributed by atoms with Crippen LogP contribution in [0.2, 0.25) is 0 Å². The van der Waals surface area contributed by atoms with Crippen molar-refractivity contribution in [3.05, 3.63) is 0 Å². The van der Waals surface area contributed by atoms with Crippen molar-refractivity contribution < 1.29 is 16.8 Å². The second kappa shape index (κ2) is 31.3. The van der Waals surface area contributed by atoms with Crippen molar-refractivity contribution in [3.63, 3.8) is 0 Å². The van der Waals surface area contributed by atoms with E-state index in [2.05, 4.69) is 38.8 Å². The molecule has 0 saturated carbocycles. The van der Waals surface area contributed by atoms with Gasteiger partial charge in [0.1, 0.15) is 0 Å². The van der Waals surface area contributed by atoms with Gasteiger partial charge in [0, 0.05) is 13.1 Å². The Labute approximate surface area is 273 Å². The molecule has 0 radical (unpaired) electrons. The highest BCUT2D eigenvalue weighted by molar-refractivity contribution is 7.89. The summed E-state index contributed by atoms with van der Waals surface area (Å²) in [6.45, 7) is 12.4. The minimum Gasteiger partial charge on any atom is -0.330 e. The summed E-state index contributed by atoms with van der Waals surface area (Å²) in [4.78, 5) is 2.34. The summed E-state index contributed by atoms with van der Waals surface area (Å²) in [6, 6.07) is 0. The average molecular weight is 669 g/mol. The van der Waals surface area contributed by atoms with E-state index in [9.17, 15) is 16.8 Å². The van der Waals surface area contributed by atoms with Gasteiger partial charge in [0.2, 0.25) is 20.0 Å². The van der Waals surface area contributed by atoms with Crippen LogP contribution in [0.3, 0.4) is 0 Å². The van der Waals surface area contributed by atoms with Gasteiger partial charge in [-0.3, -0.25) is 0 Å². The number of nitrogens with two attached hydrogens (primary N) is 1. The van der Waals surface area contributed by atoms with Gasteiger partial charge >= 0.3 is 0 Å². The fourth-order valence-corrected chi connectivity index (χ4v) is 7.46. The number of nitrogens with zero attached hydrogens (tertiary/aromatic N) is 1. The minimum absolute atomic E-state index is 0.206. The van der Waals surface area contributed by atoms with Crippen molar-refractivity contribution >= 4 is 20.0 Å². The van der Waals surface area contributed by atoms with E-state index >= 15 is 0 Å². The largest absolute Gasteiger partial charge is 0.330 e. The fourth-order valence-electron chi connectivity index (χ4n) is 5.09. The molecule has 0 unspecified atom stereocenters. The summed E-state index contributed by atoms with van der Waals surface area (Å²) in [5, 5.41) is 6.94. The molecule has 44 heavy (non-hydrogen) atoms. The SMILES string of the molecule is CCCCCCCCS(=O)(=O)NCCCN(CCCNCCCCNCCCN)CCCNS(=O)(=O)CCCCCCCC. The Morgan fingerprint density at radius 3 is 1.25 bits per heavy atom. The third-order valence-electron chi connectivity index (χ3n) is 7.82. The maximum atomic E-state index is 12.4. The molecule has 0 aromatic carbocycles. The Kier molecular flexibility index (Phi) is 31.0. The zero-order valence-corrected chi connectivity index (χ0v) is 30.3. The predicted octanol–water partition coefficient (Wildman–Crippen LogP) is 4.33. The number of rotatable bonds is 36. The van der Waals surface area contributed by atoms with Gasteiger partial charge in [-0.2, -0.15) is 0 Å². The van der Waals surface area contributed by atoms with Gasteiger partial charge < -0.3 is 21.3 Å². The molecule has 0 amide bonds. The van der Waals surface area contributed by atoms with Gasteiger partial charge in [0.15, 0.2) is 0 Å². The maximum Gasteiger partial charge on any atom is 0.211 e. The van der Waals surface area contributed by atoms with Crippen LogP contribution in [0.4, 0.5) is 0 Å². The van der Waals surface area contributed by atoms with E-state index in [1.54, 1.807) is 0 Å². The summed E-state index contributed by atoms with van der Waals surface area (Å²) in [5.74, 6) is 0.411. The van der Waals surface area contributed by atoms with Gasteiger partial charge in [0.05, 0.1) is 11.5 Å². The third kappa shape index (κ3) is 31.6. The van der Waals surface area contributed by atoms with Crippen LogP contribution in [0, 0.1) is 0 Å². The lowest BCUT2D eigenvalue weighted by molar-refractivity contribution is 0.263. The van der Waals surface area contributed by atoms with E-state index in [1.165, 1.54) is 38.5 Å². The first-order chi connectivity index (χ1) is 21.3. The molecular weight excluding hydrogens is 597 g/mol.